The maximum atomic E-state index is 13.7. The largest absolute Gasteiger partial charge is 0.744 e. The Morgan fingerprint density at radius 1 is 0.765 bits per heavy atom. The fourth-order valence-electron chi connectivity index (χ4n) is 8.47. The fraction of sp³-hybridized carbons (Fsp3) is 0.447. The van der Waals surface area contributed by atoms with Gasteiger partial charge in [-0.25, -0.2) is 16.8 Å². The van der Waals surface area contributed by atoms with Crippen LogP contribution >= 0.6 is 0 Å². The van der Waals surface area contributed by atoms with Crippen LogP contribution in [0.5, 0.6) is 0 Å². The second-order valence-electron chi connectivity index (χ2n) is 17.8. The van der Waals surface area contributed by atoms with E-state index in [1.807, 2.05) is 0 Å². The van der Waals surface area contributed by atoms with Crippen molar-refractivity contribution in [1.29, 1.82) is 0 Å². The predicted octanol–water partition coefficient (Wildman–Crippen LogP) is 3.99. The third-order valence-electron chi connectivity index (χ3n) is 12.3. The van der Waals surface area contributed by atoms with Crippen LogP contribution in [0.15, 0.2) is 64.4 Å². The van der Waals surface area contributed by atoms with E-state index < -0.39 is 125 Å². The predicted molar refractivity (Wildman–Crippen MR) is 249 cm³/mol. The van der Waals surface area contributed by atoms with Crippen molar-refractivity contribution in [2.75, 3.05) is 16.8 Å². The summed E-state index contributed by atoms with van der Waals surface area (Å²) in [4.78, 5) is 104. The molecule has 2 aliphatic carbocycles. The molecule has 0 heterocycles. The van der Waals surface area contributed by atoms with Crippen LogP contribution in [0.25, 0.3) is 5.73 Å². The zero-order chi connectivity index (χ0) is 50.6. The van der Waals surface area contributed by atoms with E-state index in [1.54, 1.807) is 13.8 Å². The van der Waals surface area contributed by atoms with Gasteiger partial charge >= 0.3 is 0 Å². The minimum absolute atomic E-state index is 0.00960. The Hall–Kier alpha value is -6.16. The van der Waals surface area contributed by atoms with Gasteiger partial charge in [0.25, 0.3) is 0 Å². The molecule has 68 heavy (non-hydrogen) atoms. The maximum absolute atomic E-state index is 13.7. The van der Waals surface area contributed by atoms with Crippen LogP contribution in [0.1, 0.15) is 112 Å². The van der Waals surface area contributed by atoms with Gasteiger partial charge < -0.3 is 37.3 Å². The van der Waals surface area contributed by atoms with Gasteiger partial charge in [-0.2, -0.15) is 0 Å². The molecule has 7 N–H and O–H groups in total. The molecule has 2 aliphatic rings. The highest BCUT2D eigenvalue weighted by atomic mass is 32.2. The molecular weight excluding hydrogens is 921 g/mol. The molecule has 0 aromatic heterocycles. The Kier molecular flexibility index (Phi) is 16.6. The lowest BCUT2D eigenvalue weighted by Crippen LogP contribution is -2.50. The highest BCUT2D eigenvalue weighted by Crippen LogP contribution is 2.40. The molecule has 366 valence electrons. The van der Waals surface area contributed by atoms with Crippen molar-refractivity contribution in [3.8, 4) is 0 Å². The number of benzene rings is 3. The average Bonchev–Trinajstić information content (AvgIpc) is 3.77. The topological polar surface area (TPSA) is 326 Å². The van der Waals surface area contributed by atoms with E-state index in [4.69, 9.17) is 11.5 Å². The van der Waals surface area contributed by atoms with Crippen molar-refractivity contribution >= 4 is 83.7 Å². The Morgan fingerprint density at radius 2 is 1.37 bits per heavy atom. The fourth-order valence-corrected chi connectivity index (χ4v) is 10.5. The molecule has 0 radical (unpaired) electrons. The van der Waals surface area contributed by atoms with Gasteiger partial charge in [0.2, 0.25) is 17.7 Å². The van der Waals surface area contributed by atoms with Crippen LogP contribution < -0.4 is 27.0 Å². The number of rotatable bonds is 21. The van der Waals surface area contributed by atoms with Gasteiger partial charge in [0.05, 0.1) is 56.2 Å². The molecule has 19 nitrogen and oxygen atoms in total. The number of ketones is 5. The molecule has 21 heteroatoms. The van der Waals surface area contributed by atoms with Gasteiger partial charge in [-0.3, -0.25) is 38.4 Å². The smallest absolute Gasteiger partial charge is 0.224 e. The van der Waals surface area contributed by atoms with Gasteiger partial charge in [-0.05, 0) is 63.3 Å². The van der Waals surface area contributed by atoms with Crippen LogP contribution in [0, 0.1) is 23.7 Å². The number of sulfone groups is 1. The van der Waals surface area contributed by atoms with Crippen molar-refractivity contribution in [3.05, 3.63) is 82.6 Å². The first-order valence-electron chi connectivity index (χ1n) is 22.2. The number of Topliss-reactive ketones (excluding diaryl/α,β-unsaturated/α-hetero) is 3. The number of nitrogen functional groups attached to an aromatic ring is 1. The minimum Gasteiger partial charge on any atom is -0.744 e. The number of hydrogen-bond acceptors (Lipinski definition) is 15. The first kappa shape index (κ1) is 52.8. The van der Waals surface area contributed by atoms with Gasteiger partial charge in [0, 0.05) is 47.4 Å². The zero-order valence-corrected chi connectivity index (χ0v) is 40.1. The summed E-state index contributed by atoms with van der Waals surface area (Å²) in [5.41, 5.74) is 11.8. The van der Waals surface area contributed by atoms with E-state index >= 15 is 0 Å². The van der Waals surface area contributed by atoms with E-state index in [-0.39, 0.29) is 63.9 Å². The van der Waals surface area contributed by atoms with Crippen molar-refractivity contribution in [1.82, 2.24) is 16.0 Å². The van der Waals surface area contributed by atoms with Crippen LogP contribution in [-0.4, -0.2) is 97.9 Å². The Labute approximate surface area is 395 Å². The summed E-state index contributed by atoms with van der Waals surface area (Å²) in [7, 11) is -9.35. The van der Waals surface area contributed by atoms with Crippen molar-refractivity contribution < 1.29 is 59.7 Å². The first-order valence-corrected chi connectivity index (χ1v) is 25.2. The molecule has 0 spiro atoms. The lowest BCUT2D eigenvalue weighted by molar-refractivity contribution is -0.137. The zero-order valence-electron chi connectivity index (χ0n) is 38.5. The summed E-state index contributed by atoms with van der Waals surface area (Å²) in [5, 5.41) is 10.6. The van der Waals surface area contributed by atoms with Crippen molar-refractivity contribution in [2.45, 2.75) is 114 Å². The number of anilines is 3. The van der Waals surface area contributed by atoms with Gasteiger partial charge in [-0.1, -0.05) is 70.5 Å². The van der Waals surface area contributed by atoms with E-state index in [1.165, 1.54) is 76.2 Å². The highest BCUT2D eigenvalue weighted by Gasteiger charge is 2.41. The average molecular weight is 977 g/mol. The Bertz CT molecular complexity index is 2770. The first-order chi connectivity index (χ1) is 31.7. The molecule has 0 aliphatic heterocycles. The van der Waals surface area contributed by atoms with Crippen LogP contribution in [0.3, 0.4) is 0 Å². The Morgan fingerprint density at radius 3 is 1.97 bits per heavy atom. The summed E-state index contributed by atoms with van der Waals surface area (Å²) in [6, 6.07) is 7.82. The highest BCUT2D eigenvalue weighted by molar-refractivity contribution is 7.91. The molecule has 3 aromatic rings. The molecule has 0 bridgehead atoms. The molecule has 7 unspecified atom stereocenters. The summed E-state index contributed by atoms with van der Waals surface area (Å²) in [6.07, 6.45) is 0.721. The molecule has 1 fully saturated rings. The second kappa shape index (κ2) is 21.4. The number of nitrogens with two attached hydrogens (primary N) is 1. The molecule has 7 atom stereocenters. The number of carbonyl (C=O) groups is 8. The van der Waals surface area contributed by atoms with Crippen LogP contribution in [0.2, 0.25) is 0 Å². The SMILES string of the molecule is CC([NH-])C(=O)NC(C)C(=O)C1CCCC1C(=O)NC(C(=O)CC(C)C(=O)NC(C)C(=O)CCCS(=O)(=O)c1cccc(Nc2cc(S(=O)(=O)[O-])c(N)c3c2C(=O)c2ccccc2C3=O)c1)C(C)C. The lowest BCUT2D eigenvalue weighted by atomic mass is 9.82. The van der Waals surface area contributed by atoms with Gasteiger partial charge in [0.15, 0.2) is 38.8 Å². The third kappa shape index (κ3) is 11.9. The van der Waals surface area contributed by atoms with E-state index in [0.29, 0.717) is 19.3 Å². The molecule has 0 saturated heterocycles. The summed E-state index contributed by atoms with van der Waals surface area (Å²) in [5.74, 6) is -7.69. The van der Waals surface area contributed by atoms with Crippen molar-refractivity contribution in [3.63, 3.8) is 0 Å². The number of carbonyl (C=O) groups excluding carboxylic acids is 8. The summed E-state index contributed by atoms with van der Waals surface area (Å²) in [6.45, 7) is 9.24. The van der Waals surface area contributed by atoms with Gasteiger partial charge in [-0.15, -0.1) is 0 Å². The summed E-state index contributed by atoms with van der Waals surface area (Å²) >= 11 is 0. The monoisotopic (exact) mass is 976 g/mol. The van der Waals surface area contributed by atoms with E-state index in [0.717, 1.165) is 6.07 Å². The molecule has 1 saturated carbocycles. The van der Waals surface area contributed by atoms with Crippen LogP contribution in [0.4, 0.5) is 17.1 Å². The van der Waals surface area contributed by atoms with E-state index in [9.17, 15) is 59.7 Å². The molecule has 3 aromatic carbocycles. The second-order valence-corrected chi connectivity index (χ2v) is 21.3. The standard InChI is InChI=1S/C47H57N6O13S2/c1-23(2)41(53-47(61)33-17-10-16-32(33)42(56)27(6)51-46(60)25(4)48)36(55)20-24(3)45(59)50-26(5)35(54)18-11-19-67(62,63)29-13-9-12-28(21-29)52-34-22-37(68(64,65)66)40(49)39-38(34)43(57)30-14-7-8-15-31(30)44(39)58/h7-9,12-15,21-27,32-33,41,48,52H,10-11,16-20,49H2,1-6H3,(H,50,59)(H,51,60)(H,53,61)(H,64,65,66)/q-1/p-1. The normalized spacial score (nSPS) is 18.0. The van der Waals surface area contributed by atoms with Crippen LogP contribution in [-0.2, 0) is 48.7 Å². The third-order valence-corrected chi connectivity index (χ3v) is 15.0. The number of hydrogen-bond donors (Lipinski definition) is 5. The molecule has 5 rings (SSSR count). The minimum atomic E-state index is -5.26. The summed E-state index contributed by atoms with van der Waals surface area (Å²) < 4.78 is 63.6. The quantitative estimate of drug-likeness (QED) is 0.0582. The Balaban J connectivity index is 1.17. The molecule has 3 amide bonds. The lowest BCUT2D eigenvalue weighted by Gasteiger charge is -2.27. The van der Waals surface area contributed by atoms with E-state index in [2.05, 4.69) is 21.3 Å². The number of fused-ring (bicyclic) bond motifs is 2. The molecular formula is C47H56N6O13S2-2. The maximum Gasteiger partial charge on any atom is 0.224 e. The number of amides is 3. The number of nitrogens with one attached hydrogen (secondary N) is 5. The van der Waals surface area contributed by atoms with Crippen molar-refractivity contribution in [2.24, 2.45) is 23.7 Å². The van der Waals surface area contributed by atoms with Gasteiger partial charge in [0.1, 0.15) is 10.1 Å².